The summed E-state index contributed by atoms with van der Waals surface area (Å²) < 4.78 is 19.7. The van der Waals surface area contributed by atoms with Crippen LogP contribution >= 0.6 is 0 Å². The zero-order chi connectivity index (χ0) is 15.6. The Hall–Kier alpha value is -2.21. The summed E-state index contributed by atoms with van der Waals surface area (Å²) in [5.74, 6) is -0.977. The van der Waals surface area contributed by atoms with Gasteiger partial charge in [0.05, 0.1) is 24.1 Å². The Kier molecular flexibility index (Phi) is 4.37. The minimum absolute atomic E-state index is 0.239. The highest BCUT2D eigenvalue weighted by atomic mass is 19.1. The van der Waals surface area contributed by atoms with Crippen molar-refractivity contribution in [1.82, 2.24) is 9.78 Å². The first-order valence-electron chi connectivity index (χ1n) is 6.65. The van der Waals surface area contributed by atoms with E-state index in [0.717, 1.165) is 0 Å². The Bertz CT molecular complexity index is 665. The number of hydrogen-bond acceptors (Lipinski definition) is 4. The lowest BCUT2D eigenvalue weighted by atomic mass is 10.1. The second kappa shape index (κ2) is 6.05. The molecule has 6 heteroatoms. The van der Waals surface area contributed by atoms with Gasteiger partial charge < -0.3 is 9.84 Å². The highest BCUT2D eigenvalue weighted by Gasteiger charge is 2.20. The van der Waals surface area contributed by atoms with Crippen LogP contribution in [0.1, 0.15) is 41.7 Å². The van der Waals surface area contributed by atoms with Crippen LogP contribution < -0.4 is 0 Å². The molecule has 1 aromatic carbocycles. The maximum atomic E-state index is 13.4. The summed E-state index contributed by atoms with van der Waals surface area (Å²) in [5, 5.41) is 14.0. The monoisotopic (exact) mass is 292 g/mol. The molecule has 2 rings (SSSR count). The standard InChI is InChI=1S/C15H17FN2O3/c1-4-21-15(20)14-7-9(2)17-18(14)13-6-5-11(16)8-12(13)10(3)19/h5-8,10,19H,4H2,1-3H3. The molecule has 1 aromatic heterocycles. The predicted octanol–water partition coefficient (Wildman–Crippen LogP) is 2.55. The molecule has 0 spiro atoms. The summed E-state index contributed by atoms with van der Waals surface area (Å²) in [5.41, 5.74) is 1.66. The molecule has 0 aliphatic carbocycles. The fraction of sp³-hybridized carbons (Fsp3) is 0.333. The van der Waals surface area contributed by atoms with Crippen molar-refractivity contribution in [3.63, 3.8) is 0 Å². The molecular formula is C15H17FN2O3. The first-order valence-corrected chi connectivity index (χ1v) is 6.65. The number of benzene rings is 1. The van der Waals surface area contributed by atoms with Crippen molar-refractivity contribution in [3.8, 4) is 5.69 Å². The highest BCUT2D eigenvalue weighted by molar-refractivity contribution is 5.88. The fourth-order valence-corrected chi connectivity index (χ4v) is 2.09. The minimum atomic E-state index is -0.893. The molecule has 1 heterocycles. The molecular weight excluding hydrogens is 275 g/mol. The van der Waals surface area contributed by atoms with E-state index in [1.807, 2.05) is 0 Å². The zero-order valence-corrected chi connectivity index (χ0v) is 12.1. The lowest BCUT2D eigenvalue weighted by Crippen LogP contribution is -2.14. The molecule has 0 amide bonds. The van der Waals surface area contributed by atoms with Crippen LogP contribution in [0, 0.1) is 12.7 Å². The average molecular weight is 292 g/mol. The number of esters is 1. The number of ether oxygens (including phenoxy) is 1. The number of aliphatic hydroxyl groups excluding tert-OH is 1. The van der Waals surface area contributed by atoms with Crippen molar-refractivity contribution in [2.45, 2.75) is 26.9 Å². The molecule has 0 saturated carbocycles. The molecule has 2 aromatic rings. The highest BCUT2D eigenvalue weighted by Crippen LogP contribution is 2.24. The number of aromatic nitrogens is 2. The van der Waals surface area contributed by atoms with Gasteiger partial charge in [0.15, 0.2) is 5.69 Å². The fourth-order valence-electron chi connectivity index (χ4n) is 2.09. The normalized spacial score (nSPS) is 12.2. The van der Waals surface area contributed by atoms with E-state index in [4.69, 9.17) is 4.74 Å². The number of hydrogen-bond donors (Lipinski definition) is 1. The molecule has 0 fully saturated rings. The van der Waals surface area contributed by atoms with Crippen molar-refractivity contribution in [1.29, 1.82) is 0 Å². The smallest absolute Gasteiger partial charge is 0.357 e. The van der Waals surface area contributed by atoms with Gasteiger partial charge in [-0.1, -0.05) is 0 Å². The van der Waals surface area contributed by atoms with E-state index < -0.39 is 17.9 Å². The van der Waals surface area contributed by atoms with E-state index in [1.54, 1.807) is 19.9 Å². The summed E-state index contributed by atoms with van der Waals surface area (Å²) in [7, 11) is 0. The molecule has 0 saturated heterocycles. The third-order valence-electron chi connectivity index (χ3n) is 2.98. The number of aliphatic hydroxyl groups is 1. The van der Waals surface area contributed by atoms with Gasteiger partial charge >= 0.3 is 5.97 Å². The van der Waals surface area contributed by atoms with Gasteiger partial charge in [0, 0.05) is 5.56 Å². The summed E-state index contributed by atoms with van der Waals surface area (Å²) >= 11 is 0. The van der Waals surface area contributed by atoms with E-state index in [0.29, 0.717) is 16.9 Å². The summed E-state index contributed by atoms with van der Waals surface area (Å²) in [6.07, 6.45) is -0.893. The van der Waals surface area contributed by atoms with Crippen LogP contribution in [0.5, 0.6) is 0 Å². The van der Waals surface area contributed by atoms with Crippen molar-refractivity contribution in [2.75, 3.05) is 6.61 Å². The van der Waals surface area contributed by atoms with Gasteiger partial charge in [-0.15, -0.1) is 0 Å². The zero-order valence-electron chi connectivity index (χ0n) is 12.1. The van der Waals surface area contributed by atoms with E-state index in [9.17, 15) is 14.3 Å². The first kappa shape index (κ1) is 15.2. The molecule has 1 atom stereocenters. The molecule has 5 nitrogen and oxygen atoms in total. The molecule has 0 bridgehead atoms. The Labute approximate surface area is 122 Å². The average Bonchev–Trinajstić information content (AvgIpc) is 2.81. The molecule has 0 radical (unpaired) electrons. The topological polar surface area (TPSA) is 64.3 Å². The van der Waals surface area contributed by atoms with Gasteiger partial charge in [-0.05, 0) is 45.0 Å². The van der Waals surface area contributed by atoms with Crippen LogP contribution in [0.4, 0.5) is 4.39 Å². The van der Waals surface area contributed by atoms with Crippen LogP contribution in [-0.4, -0.2) is 27.5 Å². The molecule has 1 unspecified atom stereocenters. The molecule has 1 N–H and O–H groups in total. The van der Waals surface area contributed by atoms with Gasteiger partial charge in [0.25, 0.3) is 0 Å². The Balaban J connectivity index is 2.59. The van der Waals surface area contributed by atoms with E-state index in [1.165, 1.54) is 29.8 Å². The molecule has 0 aliphatic heterocycles. The van der Waals surface area contributed by atoms with E-state index in [-0.39, 0.29) is 12.3 Å². The van der Waals surface area contributed by atoms with Crippen LogP contribution in [0.15, 0.2) is 24.3 Å². The number of carbonyl (C=O) groups is 1. The third kappa shape index (κ3) is 3.11. The lowest BCUT2D eigenvalue weighted by molar-refractivity contribution is 0.0515. The summed E-state index contributed by atoms with van der Waals surface area (Å²) in [6, 6.07) is 5.55. The molecule has 21 heavy (non-hydrogen) atoms. The van der Waals surface area contributed by atoms with Crippen molar-refractivity contribution in [2.24, 2.45) is 0 Å². The number of nitrogens with zero attached hydrogens (tertiary/aromatic N) is 2. The number of carbonyl (C=O) groups excluding carboxylic acids is 1. The Morgan fingerprint density at radius 3 is 2.81 bits per heavy atom. The summed E-state index contributed by atoms with van der Waals surface area (Å²) in [6.45, 7) is 5.23. The SMILES string of the molecule is CCOC(=O)c1cc(C)nn1-c1ccc(F)cc1C(C)O. The predicted molar refractivity (Wildman–Crippen MR) is 74.8 cm³/mol. The van der Waals surface area contributed by atoms with Gasteiger partial charge in [-0.25, -0.2) is 13.9 Å². The van der Waals surface area contributed by atoms with E-state index in [2.05, 4.69) is 5.10 Å². The third-order valence-corrected chi connectivity index (χ3v) is 2.98. The van der Waals surface area contributed by atoms with Crippen molar-refractivity contribution in [3.05, 3.63) is 47.0 Å². The van der Waals surface area contributed by atoms with Crippen LogP contribution in [-0.2, 0) is 4.74 Å². The lowest BCUT2D eigenvalue weighted by Gasteiger charge is -2.14. The Morgan fingerprint density at radius 1 is 1.48 bits per heavy atom. The van der Waals surface area contributed by atoms with Gasteiger partial charge in [0.1, 0.15) is 5.82 Å². The number of aryl methyl sites for hydroxylation is 1. The van der Waals surface area contributed by atoms with E-state index >= 15 is 0 Å². The molecule has 112 valence electrons. The van der Waals surface area contributed by atoms with Crippen molar-refractivity contribution < 1.29 is 19.0 Å². The maximum absolute atomic E-state index is 13.4. The van der Waals surface area contributed by atoms with Crippen LogP contribution in [0.25, 0.3) is 5.69 Å². The van der Waals surface area contributed by atoms with Crippen molar-refractivity contribution >= 4 is 5.97 Å². The minimum Gasteiger partial charge on any atom is -0.461 e. The summed E-state index contributed by atoms with van der Waals surface area (Å²) in [4.78, 5) is 12.0. The largest absolute Gasteiger partial charge is 0.461 e. The number of rotatable bonds is 4. The Morgan fingerprint density at radius 2 is 2.19 bits per heavy atom. The molecule has 0 aliphatic rings. The quantitative estimate of drug-likeness (QED) is 0.880. The first-order chi connectivity index (χ1) is 9.93. The van der Waals surface area contributed by atoms with Gasteiger partial charge in [-0.3, -0.25) is 0 Å². The van der Waals surface area contributed by atoms with Crippen LogP contribution in [0.3, 0.4) is 0 Å². The maximum Gasteiger partial charge on any atom is 0.357 e. The second-order valence-electron chi connectivity index (χ2n) is 4.68. The second-order valence-corrected chi connectivity index (χ2v) is 4.68. The van der Waals surface area contributed by atoms with Crippen LogP contribution in [0.2, 0.25) is 0 Å². The number of halogens is 1. The van der Waals surface area contributed by atoms with Gasteiger partial charge in [-0.2, -0.15) is 5.10 Å². The van der Waals surface area contributed by atoms with Gasteiger partial charge in [0.2, 0.25) is 0 Å².